The number of rotatable bonds is 6. The number of carbonyl (C=O) groups excluding carboxylic acids is 1. The van der Waals surface area contributed by atoms with Crippen molar-refractivity contribution in [2.24, 2.45) is 0 Å². The maximum Gasteiger partial charge on any atom is 0.251 e. The zero-order valence-corrected chi connectivity index (χ0v) is 16.3. The van der Waals surface area contributed by atoms with Crippen molar-refractivity contribution in [1.82, 2.24) is 15.1 Å². The molecule has 0 aliphatic carbocycles. The van der Waals surface area contributed by atoms with Crippen LogP contribution < -0.4 is 10.2 Å². The Kier molecular flexibility index (Phi) is 5.60. The first-order chi connectivity index (χ1) is 13.0. The second-order valence-corrected chi connectivity index (χ2v) is 6.89. The number of nitrogens with one attached hydrogen (secondary N) is 1. The van der Waals surface area contributed by atoms with Gasteiger partial charge >= 0.3 is 0 Å². The van der Waals surface area contributed by atoms with Crippen LogP contribution >= 0.6 is 0 Å². The minimum atomic E-state index is -0.0665. The molecule has 1 amide bonds. The predicted molar refractivity (Wildman–Crippen MR) is 110 cm³/mol. The van der Waals surface area contributed by atoms with Crippen molar-refractivity contribution in [1.29, 1.82) is 0 Å². The summed E-state index contributed by atoms with van der Waals surface area (Å²) in [6.45, 7) is 6.66. The van der Waals surface area contributed by atoms with Crippen LogP contribution in [0.15, 0.2) is 60.7 Å². The Bertz CT molecular complexity index is 900. The Morgan fingerprint density at radius 1 is 1.11 bits per heavy atom. The van der Waals surface area contributed by atoms with Crippen LogP contribution in [0.2, 0.25) is 0 Å². The Hall–Kier alpha value is -3.08. The van der Waals surface area contributed by atoms with Gasteiger partial charge < -0.3 is 10.2 Å². The van der Waals surface area contributed by atoms with E-state index in [4.69, 9.17) is 0 Å². The summed E-state index contributed by atoms with van der Waals surface area (Å²) in [6.07, 6.45) is 0. The molecular formula is C22H26N4O. The molecule has 0 saturated heterocycles. The maximum absolute atomic E-state index is 12.5. The second-order valence-electron chi connectivity index (χ2n) is 6.89. The predicted octanol–water partition coefficient (Wildman–Crippen LogP) is 3.74. The molecule has 1 atom stereocenters. The standard InChI is InChI=1S/C22H26N4O/c1-16-14-17(2)26(24-16)21-12-10-19(11-13-21)22(27)23-15-18(3)25(4)20-8-6-5-7-9-20/h5-14,18H,15H2,1-4H3,(H,23,27). The normalized spacial score (nSPS) is 11.9. The summed E-state index contributed by atoms with van der Waals surface area (Å²) in [6, 6.07) is 19.9. The minimum absolute atomic E-state index is 0.0665. The molecule has 0 bridgehead atoms. The molecule has 0 saturated carbocycles. The SMILES string of the molecule is Cc1cc(C)n(-c2ccc(C(=O)NCC(C)N(C)c3ccccc3)cc2)n1. The lowest BCUT2D eigenvalue weighted by Gasteiger charge is -2.27. The highest BCUT2D eigenvalue weighted by atomic mass is 16.1. The fourth-order valence-electron chi connectivity index (χ4n) is 3.04. The summed E-state index contributed by atoms with van der Waals surface area (Å²) >= 11 is 0. The molecule has 2 aromatic carbocycles. The molecular weight excluding hydrogens is 336 g/mol. The number of hydrogen-bond acceptors (Lipinski definition) is 3. The lowest BCUT2D eigenvalue weighted by Crippen LogP contribution is -2.40. The first kappa shape index (κ1) is 18.7. The van der Waals surface area contributed by atoms with E-state index in [2.05, 4.69) is 34.4 Å². The fraction of sp³-hybridized carbons (Fsp3) is 0.273. The van der Waals surface area contributed by atoms with Crippen LogP contribution in [0.25, 0.3) is 5.69 Å². The summed E-state index contributed by atoms with van der Waals surface area (Å²) in [5.41, 5.74) is 4.78. The van der Waals surface area contributed by atoms with Crippen LogP contribution in [0, 0.1) is 13.8 Å². The van der Waals surface area contributed by atoms with Crippen molar-refractivity contribution in [2.75, 3.05) is 18.5 Å². The van der Waals surface area contributed by atoms with Crippen LogP contribution in [-0.2, 0) is 0 Å². The molecule has 140 valence electrons. The molecule has 1 aromatic heterocycles. The number of anilines is 1. The highest BCUT2D eigenvalue weighted by molar-refractivity contribution is 5.94. The highest BCUT2D eigenvalue weighted by Gasteiger charge is 2.13. The van der Waals surface area contributed by atoms with Crippen LogP contribution in [0.4, 0.5) is 5.69 Å². The summed E-state index contributed by atoms with van der Waals surface area (Å²) in [7, 11) is 2.04. The highest BCUT2D eigenvalue weighted by Crippen LogP contribution is 2.15. The Morgan fingerprint density at radius 3 is 2.37 bits per heavy atom. The van der Waals surface area contributed by atoms with E-state index < -0.39 is 0 Å². The van der Waals surface area contributed by atoms with Gasteiger partial charge in [0.1, 0.15) is 0 Å². The molecule has 0 spiro atoms. The molecule has 1 heterocycles. The largest absolute Gasteiger partial charge is 0.370 e. The van der Waals surface area contributed by atoms with Crippen molar-refractivity contribution < 1.29 is 4.79 Å². The monoisotopic (exact) mass is 362 g/mol. The van der Waals surface area contributed by atoms with Crippen molar-refractivity contribution >= 4 is 11.6 Å². The van der Waals surface area contributed by atoms with Gasteiger partial charge in [-0.3, -0.25) is 4.79 Å². The molecule has 27 heavy (non-hydrogen) atoms. The van der Waals surface area contributed by atoms with Crippen molar-refractivity contribution in [3.05, 3.63) is 77.6 Å². The van der Waals surface area contributed by atoms with E-state index in [1.165, 1.54) is 0 Å². The molecule has 0 aliphatic rings. The number of hydrogen-bond donors (Lipinski definition) is 1. The topological polar surface area (TPSA) is 50.2 Å². The smallest absolute Gasteiger partial charge is 0.251 e. The molecule has 5 nitrogen and oxygen atoms in total. The van der Waals surface area contributed by atoms with E-state index >= 15 is 0 Å². The van der Waals surface area contributed by atoms with E-state index in [0.717, 1.165) is 22.8 Å². The molecule has 0 radical (unpaired) electrons. The first-order valence-corrected chi connectivity index (χ1v) is 9.15. The maximum atomic E-state index is 12.5. The summed E-state index contributed by atoms with van der Waals surface area (Å²) in [4.78, 5) is 14.6. The number of amides is 1. The van der Waals surface area contributed by atoms with Gasteiger partial charge in [-0.2, -0.15) is 5.10 Å². The van der Waals surface area contributed by atoms with Crippen LogP contribution in [-0.4, -0.2) is 35.3 Å². The Balaban J connectivity index is 1.60. The third kappa shape index (κ3) is 4.37. The van der Waals surface area contributed by atoms with Gasteiger partial charge in [-0.15, -0.1) is 0 Å². The molecule has 1 unspecified atom stereocenters. The lowest BCUT2D eigenvalue weighted by molar-refractivity contribution is 0.0951. The molecule has 0 aliphatic heterocycles. The third-order valence-electron chi connectivity index (χ3n) is 4.77. The van der Waals surface area contributed by atoms with Crippen LogP contribution in [0.3, 0.4) is 0 Å². The fourth-order valence-corrected chi connectivity index (χ4v) is 3.04. The second kappa shape index (κ2) is 8.08. The number of benzene rings is 2. The molecule has 0 fully saturated rings. The summed E-state index contributed by atoms with van der Waals surface area (Å²) in [5, 5.41) is 7.49. The number of aromatic nitrogens is 2. The molecule has 3 aromatic rings. The number of likely N-dealkylation sites (N-methyl/N-ethyl adjacent to an activating group) is 1. The quantitative estimate of drug-likeness (QED) is 0.727. The number of carbonyl (C=O) groups is 1. The van der Waals surface area contributed by atoms with Crippen molar-refractivity contribution in [3.63, 3.8) is 0 Å². The average molecular weight is 362 g/mol. The first-order valence-electron chi connectivity index (χ1n) is 9.15. The van der Waals surface area contributed by atoms with Crippen LogP contribution in [0.5, 0.6) is 0 Å². The molecule has 5 heteroatoms. The average Bonchev–Trinajstić information content (AvgIpc) is 3.04. The van der Waals surface area contributed by atoms with Crippen molar-refractivity contribution in [2.45, 2.75) is 26.8 Å². The number of aryl methyl sites for hydroxylation is 2. The van der Waals surface area contributed by atoms with Gasteiger partial charge in [0.25, 0.3) is 5.91 Å². The van der Waals surface area contributed by atoms with Gasteiger partial charge in [0, 0.05) is 36.6 Å². The number of para-hydroxylation sites is 1. The Labute approximate surface area is 160 Å². The van der Waals surface area contributed by atoms with Gasteiger partial charge in [-0.25, -0.2) is 4.68 Å². The van der Waals surface area contributed by atoms with Gasteiger partial charge in [0.05, 0.1) is 11.4 Å². The van der Waals surface area contributed by atoms with Crippen molar-refractivity contribution in [3.8, 4) is 5.69 Å². The van der Waals surface area contributed by atoms with E-state index in [0.29, 0.717) is 12.1 Å². The number of nitrogens with zero attached hydrogens (tertiary/aromatic N) is 3. The molecule has 1 N–H and O–H groups in total. The van der Waals surface area contributed by atoms with E-state index in [-0.39, 0.29) is 11.9 Å². The summed E-state index contributed by atoms with van der Waals surface area (Å²) < 4.78 is 1.88. The molecule has 3 rings (SSSR count). The van der Waals surface area contributed by atoms with Crippen LogP contribution in [0.1, 0.15) is 28.7 Å². The van der Waals surface area contributed by atoms with Gasteiger partial charge in [0.2, 0.25) is 0 Å². The lowest BCUT2D eigenvalue weighted by atomic mass is 10.2. The van der Waals surface area contributed by atoms with E-state index in [1.807, 2.05) is 74.1 Å². The summed E-state index contributed by atoms with van der Waals surface area (Å²) in [5.74, 6) is -0.0665. The minimum Gasteiger partial charge on any atom is -0.370 e. The van der Waals surface area contributed by atoms with Gasteiger partial charge in [0.15, 0.2) is 0 Å². The van der Waals surface area contributed by atoms with Gasteiger partial charge in [-0.1, -0.05) is 18.2 Å². The van der Waals surface area contributed by atoms with E-state index in [9.17, 15) is 4.79 Å². The van der Waals surface area contributed by atoms with Gasteiger partial charge in [-0.05, 0) is 63.2 Å². The third-order valence-corrected chi connectivity index (χ3v) is 4.77. The Morgan fingerprint density at radius 2 is 1.78 bits per heavy atom. The zero-order valence-electron chi connectivity index (χ0n) is 16.3. The zero-order chi connectivity index (χ0) is 19.4. The van der Waals surface area contributed by atoms with E-state index in [1.54, 1.807) is 0 Å².